The van der Waals surface area contributed by atoms with Crippen molar-refractivity contribution in [2.45, 2.75) is 32.9 Å². The summed E-state index contributed by atoms with van der Waals surface area (Å²) in [5, 5.41) is 2.87. The fourth-order valence-electron chi connectivity index (χ4n) is 2.45. The molecule has 1 saturated heterocycles. The number of rotatable bonds is 5. The third-order valence-electron chi connectivity index (χ3n) is 3.55. The van der Waals surface area contributed by atoms with Crippen molar-refractivity contribution in [3.05, 3.63) is 29.8 Å². The highest BCUT2D eigenvalue weighted by Gasteiger charge is 2.34. The Kier molecular flexibility index (Phi) is 4.83. The van der Waals surface area contributed by atoms with E-state index in [0.29, 0.717) is 19.5 Å². The molecule has 0 aliphatic carbocycles. The van der Waals surface area contributed by atoms with Gasteiger partial charge in [-0.1, -0.05) is 12.1 Å². The average molecular weight is 290 g/mol. The molecule has 1 aliphatic heterocycles. The minimum atomic E-state index is -0.238. The molecule has 1 heterocycles. The van der Waals surface area contributed by atoms with E-state index in [1.165, 1.54) is 0 Å². The first-order valence-electron chi connectivity index (χ1n) is 7.20. The number of likely N-dealkylation sites (tertiary alicyclic amines) is 1. The van der Waals surface area contributed by atoms with Crippen LogP contribution in [0.2, 0.25) is 0 Å². The van der Waals surface area contributed by atoms with Gasteiger partial charge in [-0.2, -0.15) is 0 Å². The molecule has 1 N–H and O–H groups in total. The van der Waals surface area contributed by atoms with E-state index in [1.807, 2.05) is 38.1 Å². The number of amides is 2. The highest BCUT2D eigenvalue weighted by atomic mass is 16.5. The van der Waals surface area contributed by atoms with Gasteiger partial charge in [-0.05, 0) is 31.5 Å². The number of hydrogen-bond acceptors (Lipinski definition) is 3. The molecular weight excluding hydrogens is 268 g/mol. The van der Waals surface area contributed by atoms with Gasteiger partial charge in [0, 0.05) is 25.6 Å². The third-order valence-corrected chi connectivity index (χ3v) is 3.55. The standard InChI is InChI=1S/C16H22N2O3/c1-11(2)17-16(20)13-8-15(19)18(10-13)9-12-4-6-14(21-3)7-5-12/h4-7,11,13H,8-10H2,1-3H3,(H,17,20). The second kappa shape index (κ2) is 6.61. The van der Waals surface area contributed by atoms with Gasteiger partial charge in [0.15, 0.2) is 0 Å². The molecule has 2 amide bonds. The van der Waals surface area contributed by atoms with Crippen LogP contribution in [0.4, 0.5) is 0 Å². The Morgan fingerprint density at radius 1 is 1.38 bits per heavy atom. The van der Waals surface area contributed by atoms with Crippen molar-refractivity contribution < 1.29 is 14.3 Å². The van der Waals surface area contributed by atoms with Crippen LogP contribution in [-0.2, 0) is 16.1 Å². The van der Waals surface area contributed by atoms with Gasteiger partial charge in [-0.25, -0.2) is 0 Å². The first-order valence-corrected chi connectivity index (χ1v) is 7.20. The van der Waals surface area contributed by atoms with E-state index in [0.717, 1.165) is 11.3 Å². The zero-order valence-corrected chi connectivity index (χ0v) is 12.8. The molecule has 0 spiro atoms. The molecular formula is C16H22N2O3. The molecule has 1 aromatic rings. The summed E-state index contributed by atoms with van der Waals surface area (Å²) in [6.45, 7) is 4.87. The maximum Gasteiger partial charge on any atom is 0.225 e. The van der Waals surface area contributed by atoms with E-state index in [4.69, 9.17) is 4.74 Å². The van der Waals surface area contributed by atoms with E-state index >= 15 is 0 Å². The number of methoxy groups -OCH3 is 1. The third kappa shape index (κ3) is 3.97. The van der Waals surface area contributed by atoms with Crippen LogP contribution in [0.1, 0.15) is 25.8 Å². The van der Waals surface area contributed by atoms with Crippen molar-refractivity contribution in [2.75, 3.05) is 13.7 Å². The minimum absolute atomic E-state index is 0.0319. The second-order valence-corrected chi connectivity index (χ2v) is 5.69. The van der Waals surface area contributed by atoms with Gasteiger partial charge in [0.1, 0.15) is 5.75 Å². The number of nitrogens with one attached hydrogen (secondary N) is 1. The number of ether oxygens (including phenoxy) is 1. The van der Waals surface area contributed by atoms with Crippen LogP contribution in [0.15, 0.2) is 24.3 Å². The van der Waals surface area contributed by atoms with Crippen molar-refractivity contribution in [1.29, 1.82) is 0 Å². The van der Waals surface area contributed by atoms with Crippen molar-refractivity contribution >= 4 is 11.8 Å². The molecule has 114 valence electrons. The van der Waals surface area contributed by atoms with Gasteiger partial charge >= 0.3 is 0 Å². The maximum atomic E-state index is 12.0. The Labute approximate surface area is 125 Å². The minimum Gasteiger partial charge on any atom is -0.497 e. The molecule has 5 nitrogen and oxygen atoms in total. The molecule has 1 unspecified atom stereocenters. The number of benzene rings is 1. The fourth-order valence-corrected chi connectivity index (χ4v) is 2.45. The Morgan fingerprint density at radius 2 is 2.05 bits per heavy atom. The lowest BCUT2D eigenvalue weighted by Crippen LogP contribution is -2.36. The van der Waals surface area contributed by atoms with E-state index in [-0.39, 0.29) is 23.8 Å². The lowest BCUT2D eigenvalue weighted by Gasteiger charge is -2.17. The summed E-state index contributed by atoms with van der Waals surface area (Å²) in [4.78, 5) is 25.7. The summed E-state index contributed by atoms with van der Waals surface area (Å²) in [6, 6.07) is 7.72. The average Bonchev–Trinajstić information content (AvgIpc) is 2.80. The number of hydrogen-bond donors (Lipinski definition) is 1. The zero-order valence-electron chi connectivity index (χ0n) is 12.8. The summed E-state index contributed by atoms with van der Waals surface area (Å²) < 4.78 is 5.11. The smallest absolute Gasteiger partial charge is 0.225 e. The normalized spacial score (nSPS) is 18.2. The molecule has 2 rings (SSSR count). The van der Waals surface area contributed by atoms with E-state index in [1.54, 1.807) is 12.0 Å². The highest BCUT2D eigenvalue weighted by Crippen LogP contribution is 2.21. The van der Waals surface area contributed by atoms with Crippen LogP contribution < -0.4 is 10.1 Å². The van der Waals surface area contributed by atoms with E-state index < -0.39 is 0 Å². The van der Waals surface area contributed by atoms with Crippen LogP contribution in [0.5, 0.6) is 5.75 Å². The Hall–Kier alpha value is -2.04. The zero-order chi connectivity index (χ0) is 15.4. The topological polar surface area (TPSA) is 58.6 Å². The SMILES string of the molecule is COc1ccc(CN2CC(C(=O)NC(C)C)CC2=O)cc1. The largest absolute Gasteiger partial charge is 0.497 e. The maximum absolute atomic E-state index is 12.0. The summed E-state index contributed by atoms with van der Waals surface area (Å²) in [7, 11) is 1.62. The molecule has 0 saturated carbocycles. The predicted octanol–water partition coefficient (Wildman–Crippen LogP) is 1.57. The molecule has 0 radical (unpaired) electrons. The number of carbonyl (C=O) groups excluding carboxylic acids is 2. The monoisotopic (exact) mass is 290 g/mol. The van der Waals surface area contributed by atoms with Gasteiger partial charge in [-0.3, -0.25) is 9.59 Å². The van der Waals surface area contributed by atoms with Gasteiger partial charge in [-0.15, -0.1) is 0 Å². The number of nitrogens with zero attached hydrogens (tertiary/aromatic N) is 1. The van der Waals surface area contributed by atoms with Gasteiger partial charge in [0.25, 0.3) is 0 Å². The van der Waals surface area contributed by atoms with Crippen LogP contribution in [0, 0.1) is 5.92 Å². The van der Waals surface area contributed by atoms with Gasteiger partial charge < -0.3 is 15.0 Å². The Bertz CT molecular complexity index is 511. The van der Waals surface area contributed by atoms with Crippen LogP contribution in [-0.4, -0.2) is 36.4 Å². The highest BCUT2D eigenvalue weighted by molar-refractivity contribution is 5.89. The molecule has 1 atom stereocenters. The fraction of sp³-hybridized carbons (Fsp3) is 0.500. The molecule has 21 heavy (non-hydrogen) atoms. The first-order chi connectivity index (χ1) is 9.99. The summed E-state index contributed by atoms with van der Waals surface area (Å²) >= 11 is 0. The second-order valence-electron chi connectivity index (χ2n) is 5.69. The predicted molar refractivity (Wildman–Crippen MR) is 79.8 cm³/mol. The molecule has 1 aromatic carbocycles. The lowest BCUT2D eigenvalue weighted by atomic mass is 10.1. The summed E-state index contributed by atoms with van der Waals surface area (Å²) in [6.07, 6.45) is 0.300. The molecule has 1 fully saturated rings. The summed E-state index contributed by atoms with van der Waals surface area (Å²) in [5.41, 5.74) is 1.04. The molecule has 0 aromatic heterocycles. The molecule has 5 heteroatoms. The van der Waals surface area contributed by atoms with Crippen LogP contribution in [0.25, 0.3) is 0 Å². The van der Waals surface area contributed by atoms with E-state index in [2.05, 4.69) is 5.32 Å². The quantitative estimate of drug-likeness (QED) is 0.895. The van der Waals surface area contributed by atoms with Crippen molar-refractivity contribution in [3.8, 4) is 5.75 Å². The van der Waals surface area contributed by atoms with Crippen molar-refractivity contribution in [2.24, 2.45) is 5.92 Å². The molecule has 0 bridgehead atoms. The van der Waals surface area contributed by atoms with Crippen LogP contribution in [0.3, 0.4) is 0 Å². The number of carbonyl (C=O) groups is 2. The summed E-state index contributed by atoms with van der Waals surface area (Å²) in [5.74, 6) is 0.559. The molecule has 1 aliphatic rings. The first kappa shape index (κ1) is 15.4. The Balaban J connectivity index is 1.95. The van der Waals surface area contributed by atoms with Gasteiger partial charge in [0.2, 0.25) is 11.8 Å². The lowest BCUT2D eigenvalue weighted by molar-refractivity contribution is -0.129. The van der Waals surface area contributed by atoms with Crippen molar-refractivity contribution in [3.63, 3.8) is 0 Å². The van der Waals surface area contributed by atoms with Crippen molar-refractivity contribution in [1.82, 2.24) is 10.2 Å². The Morgan fingerprint density at radius 3 is 2.62 bits per heavy atom. The van der Waals surface area contributed by atoms with E-state index in [9.17, 15) is 9.59 Å². The van der Waals surface area contributed by atoms with Crippen LogP contribution >= 0.6 is 0 Å². The van der Waals surface area contributed by atoms with Gasteiger partial charge in [0.05, 0.1) is 13.0 Å².